The van der Waals surface area contributed by atoms with Gasteiger partial charge in [-0.15, -0.1) is 0 Å². The van der Waals surface area contributed by atoms with Gasteiger partial charge in [0.1, 0.15) is 11.5 Å². The molecule has 0 radical (unpaired) electrons. The zero-order chi connectivity index (χ0) is 19.3. The van der Waals surface area contributed by atoms with E-state index in [4.69, 9.17) is 21.1 Å². The standard InChI is InChI=1S/C19H27ClN2O4/c1-5-7-21(8-6-2)19(24)13-9-18(23)22(12-13)15-11-16(25-3)14(20)10-17(15)26-4/h10-11,13H,5-9,12H2,1-4H3. The van der Waals surface area contributed by atoms with Crippen molar-refractivity contribution in [2.75, 3.05) is 38.8 Å². The van der Waals surface area contributed by atoms with Crippen LogP contribution >= 0.6 is 11.6 Å². The Kier molecular flexibility index (Phi) is 7.14. The Labute approximate surface area is 160 Å². The molecule has 0 saturated carbocycles. The average molecular weight is 383 g/mol. The molecule has 2 rings (SSSR count). The molecule has 144 valence electrons. The van der Waals surface area contributed by atoms with Crippen LogP contribution in [0.1, 0.15) is 33.1 Å². The van der Waals surface area contributed by atoms with E-state index in [1.807, 2.05) is 18.7 Å². The number of ether oxygens (including phenoxy) is 2. The van der Waals surface area contributed by atoms with Gasteiger partial charge < -0.3 is 19.3 Å². The van der Waals surface area contributed by atoms with Gasteiger partial charge in [-0.1, -0.05) is 25.4 Å². The molecule has 1 unspecified atom stereocenters. The summed E-state index contributed by atoms with van der Waals surface area (Å²) in [4.78, 5) is 28.9. The third-order valence-corrected chi connectivity index (χ3v) is 4.81. The van der Waals surface area contributed by atoms with Gasteiger partial charge in [-0.3, -0.25) is 9.59 Å². The van der Waals surface area contributed by atoms with Crippen LogP contribution in [0.4, 0.5) is 5.69 Å². The molecular weight excluding hydrogens is 356 g/mol. The number of nitrogens with zero attached hydrogens (tertiary/aromatic N) is 2. The zero-order valence-corrected chi connectivity index (χ0v) is 16.6. The van der Waals surface area contributed by atoms with Crippen LogP contribution in [0.5, 0.6) is 11.5 Å². The van der Waals surface area contributed by atoms with Crippen molar-refractivity contribution in [3.63, 3.8) is 0 Å². The maximum Gasteiger partial charge on any atom is 0.228 e. The van der Waals surface area contributed by atoms with E-state index in [0.717, 1.165) is 25.9 Å². The first-order valence-electron chi connectivity index (χ1n) is 8.97. The number of hydrogen-bond donors (Lipinski definition) is 0. The number of benzene rings is 1. The van der Waals surface area contributed by atoms with Gasteiger partial charge in [0.05, 0.1) is 30.8 Å². The van der Waals surface area contributed by atoms with E-state index in [0.29, 0.717) is 28.8 Å². The zero-order valence-electron chi connectivity index (χ0n) is 15.9. The molecule has 0 aromatic heterocycles. The predicted octanol–water partition coefficient (Wildman–Crippen LogP) is 3.36. The number of amides is 2. The number of hydrogen-bond acceptors (Lipinski definition) is 4. The third kappa shape index (κ3) is 4.23. The van der Waals surface area contributed by atoms with Gasteiger partial charge in [-0.25, -0.2) is 0 Å². The van der Waals surface area contributed by atoms with Gasteiger partial charge in [0.25, 0.3) is 0 Å². The number of carbonyl (C=O) groups is 2. The molecule has 1 aliphatic rings. The Balaban J connectivity index is 2.26. The van der Waals surface area contributed by atoms with Gasteiger partial charge in [-0.2, -0.15) is 0 Å². The molecule has 1 aromatic rings. The summed E-state index contributed by atoms with van der Waals surface area (Å²) in [6.07, 6.45) is 2.01. The lowest BCUT2D eigenvalue weighted by Gasteiger charge is -2.25. The van der Waals surface area contributed by atoms with Gasteiger partial charge in [0, 0.05) is 38.2 Å². The molecule has 0 spiro atoms. The van der Waals surface area contributed by atoms with Crippen molar-refractivity contribution in [1.82, 2.24) is 4.90 Å². The Morgan fingerprint density at radius 2 is 1.81 bits per heavy atom. The number of halogens is 1. The predicted molar refractivity (Wildman–Crippen MR) is 102 cm³/mol. The smallest absolute Gasteiger partial charge is 0.228 e. The summed E-state index contributed by atoms with van der Waals surface area (Å²) in [6.45, 7) is 5.87. The van der Waals surface area contributed by atoms with Crippen molar-refractivity contribution in [3.05, 3.63) is 17.2 Å². The molecule has 1 aromatic carbocycles. The number of rotatable bonds is 8. The summed E-state index contributed by atoms with van der Waals surface area (Å²) in [5.74, 6) is 0.551. The van der Waals surface area contributed by atoms with Gasteiger partial charge in [0.15, 0.2) is 0 Å². The lowest BCUT2D eigenvalue weighted by Crippen LogP contribution is -2.38. The van der Waals surface area contributed by atoms with Crippen LogP contribution in [0.2, 0.25) is 5.02 Å². The molecule has 0 N–H and O–H groups in total. The molecule has 1 atom stereocenters. The molecule has 1 fully saturated rings. The summed E-state index contributed by atoms with van der Waals surface area (Å²) >= 11 is 6.14. The molecule has 0 bridgehead atoms. The van der Waals surface area contributed by atoms with Crippen LogP contribution in [0.3, 0.4) is 0 Å². The molecule has 0 aliphatic carbocycles. The monoisotopic (exact) mass is 382 g/mol. The quantitative estimate of drug-likeness (QED) is 0.691. The summed E-state index contributed by atoms with van der Waals surface area (Å²) in [5.41, 5.74) is 0.576. The second kappa shape index (κ2) is 9.12. The van der Waals surface area contributed by atoms with E-state index in [1.165, 1.54) is 14.2 Å². The summed E-state index contributed by atoms with van der Waals surface area (Å²) in [7, 11) is 3.04. The van der Waals surface area contributed by atoms with E-state index in [1.54, 1.807) is 17.0 Å². The highest BCUT2D eigenvalue weighted by Gasteiger charge is 2.38. The highest BCUT2D eigenvalue weighted by molar-refractivity contribution is 6.32. The molecule has 26 heavy (non-hydrogen) atoms. The summed E-state index contributed by atoms with van der Waals surface area (Å²) < 4.78 is 10.6. The normalized spacial score (nSPS) is 16.7. The fourth-order valence-electron chi connectivity index (χ4n) is 3.29. The molecule has 6 nitrogen and oxygen atoms in total. The molecule has 2 amide bonds. The minimum absolute atomic E-state index is 0.0458. The number of carbonyl (C=O) groups excluding carboxylic acids is 2. The molecule has 1 aliphatic heterocycles. The number of anilines is 1. The summed E-state index contributed by atoms with van der Waals surface area (Å²) in [5, 5.41) is 0.407. The number of methoxy groups -OCH3 is 2. The second-order valence-corrected chi connectivity index (χ2v) is 6.80. The Hall–Kier alpha value is -1.95. The Bertz CT molecular complexity index is 659. The highest BCUT2D eigenvalue weighted by Crippen LogP contribution is 2.40. The van der Waals surface area contributed by atoms with E-state index in [2.05, 4.69) is 0 Å². The van der Waals surface area contributed by atoms with Crippen LogP contribution < -0.4 is 14.4 Å². The van der Waals surface area contributed by atoms with E-state index >= 15 is 0 Å². The van der Waals surface area contributed by atoms with Crippen LogP contribution in [0.15, 0.2) is 12.1 Å². The maximum atomic E-state index is 12.8. The largest absolute Gasteiger partial charge is 0.495 e. The average Bonchev–Trinajstić information content (AvgIpc) is 3.02. The van der Waals surface area contributed by atoms with Crippen molar-refractivity contribution in [3.8, 4) is 11.5 Å². The van der Waals surface area contributed by atoms with Crippen molar-refractivity contribution in [2.24, 2.45) is 5.92 Å². The fourth-order valence-corrected chi connectivity index (χ4v) is 3.52. The van der Waals surface area contributed by atoms with Crippen LogP contribution in [0, 0.1) is 5.92 Å². The van der Waals surface area contributed by atoms with Crippen molar-refractivity contribution in [2.45, 2.75) is 33.1 Å². The SMILES string of the molecule is CCCN(CCC)C(=O)C1CC(=O)N(c2cc(OC)c(Cl)cc2OC)C1. The Morgan fingerprint density at radius 3 is 2.35 bits per heavy atom. The molecule has 7 heteroatoms. The van der Waals surface area contributed by atoms with Crippen LogP contribution in [-0.2, 0) is 9.59 Å². The van der Waals surface area contributed by atoms with Crippen molar-refractivity contribution < 1.29 is 19.1 Å². The van der Waals surface area contributed by atoms with E-state index < -0.39 is 0 Å². The first-order valence-corrected chi connectivity index (χ1v) is 9.35. The van der Waals surface area contributed by atoms with Gasteiger partial charge >= 0.3 is 0 Å². The van der Waals surface area contributed by atoms with Gasteiger partial charge in [0.2, 0.25) is 11.8 Å². The van der Waals surface area contributed by atoms with E-state index in [-0.39, 0.29) is 24.2 Å². The van der Waals surface area contributed by atoms with Crippen LogP contribution in [0.25, 0.3) is 0 Å². The van der Waals surface area contributed by atoms with Crippen molar-refractivity contribution >= 4 is 29.1 Å². The highest BCUT2D eigenvalue weighted by atomic mass is 35.5. The van der Waals surface area contributed by atoms with E-state index in [9.17, 15) is 9.59 Å². The Morgan fingerprint density at radius 1 is 1.19 bits per heavy atom. The molecule has 1 heterocycles. The first-order chi connectivity index (χ1) is 12.5. The third-order valence-electron chi connectivity index (χ3n) is 4.52. The lowest BCUT2D eigenvalue weighted by atomic mass is 10.1. The lowest BCUT2D eigenvalue weighted by molar-refractivity contribution is -0.135. The van der Waals surface area contributed by atoms with Crippen molar-refractivity contribution in [1.29, 1.82) is 0 Å². The second-order valence-electron chi connectivity index (χ2n) is 6.39. The molecular formula is C19H27ClN2O4. The topological polar surface area (TPSA) is 59.1 Å². The minimum Gasteiger partial charge on any atom is -0.495 e. The minimum atomic E-state index is -0.341. The van der Waals surface area contributed by atoms with Crippen LogP contribution in [-0.4, -0.2) is 50.6 Å². The fraction of sp³-hybridized carbons (Fsp3) is 0.579. The molecule has 1 saturated heterocycles. The maximum absolute atomic E-state index is 12.8. The van der Waals surface area contributed by atoms with Gasteiger partial charge in [-0.05, 0) is 12.8 Å². The summed E-state index contributed by atoms with van der Waals surface area (Å²) in [6, 6.07) is 3.31. The first kappa shape index (κ1) is 20.4.